The van der Waals surface area contributed by atoms with Crippen LogP contribution in [-0.4, -0.2) is 28.8 Å². The van der Waals surface area contributed by atoms with E-state index in [4.69, 9.17) is 4.74 Å². The molecule has 1 saturated heterocycles. The number of likely N-dealkylation sites (tertiary alicyclic amines) is 1. The molecule has 1 fully saturated rings. The Bertz CT molecular complexity index is 646. The first-order chi connectivity index (χ1) is 10.1. The molecule has 0 saturated carbocycles. The number of nitrogens with zero attached hydrogens (tertiary/aromatic N) is 1. The van der Waals surface area contributed by atoms with Gasteiger partial charge in [-0.1, -0.05) is 22.0 Å². The molecule has 4 nitrogen and oxygen atoms in total. The molecule has 120 valence electrons. The van der Waals surface area contributed by atoms with Crippen molar-refractivity contribution >= 4 is 27.7 Å². The molecule has 1 aromatic carbocycles. The van der Waals surface area contributed by atoms with E-state index in [2.05, 4.69) is 21.2 Å². The van der Waals surface area contributed by atoms with Crippen LogP contribution in [0.2, 0.25) is 0 Å². The maximum absolute atomic E-state index is 15.7. The van der Waals surface area contributed by atoms with Crippen molar-refractivity contribution in [2.75, 3.05) is 11.9 Å². The zero-order valence-corrected chi connectivity index (χ0v) is 14.8. The number of nitrogens with one attached hydrogen (secondary N) is 1. The Morgan fingerprint density at radius 2 is 2.14 bits per heavy atom. The summed E-state index contributed by atoms with van der Waals surface area (Å²) in [7, 11) is 0. The lowest BCUT2D eigenvalue weighted by molar-refractivity contribution is -0.00605. The first-order valence-corrected chi connectivity index (χ1v) is 8.14. The third kappa shape index (κ3) is 2.11. The largest absolute Gasteiger partial charge is 0.444 e. The average molecular weight is 371 g/mol. The molecule has 2 aliphatic heterocycles. The van der Waals surface area contributed by atoms with Gasteiger partial charge in [-0.2, -0.15) is 0 Å². The van der Waals surface area contributed by atoms with Gasteiger partial charge in [0.15, 0.2) is 11.3 Å². The number of amides is 1. The third-order valence-corrected chi connectivity index (χ3v) is 4.89. The van der Waals surface area contributed by atoms with Crippen molar-refractivity contribution in [2.45, 2.75) is 51.0 Å². The van der Waals surface area contributed by atoms with Gasteiger partial charge in [-0.05, 0) is 39.8 Å². The van der Waals surface area contributed by atoms with Crippen LogP contribution < -0.4 is 5.32 Å². The molecular weight excluding hydrogens is 351 g/mol. The van der Waals surface area contributed by atoms with E-state index in [0.29, 0.717) is 17.8 Å². The van der Waals surface area contributed by atoms with Crippen LogP contribution in [0.3, 0.4) is 0 Å². The van der Waals surface area contributed by atoms with Crippen LogP contribution in [0.15, 0.2) is 22.7 Å². The second-order valence-electron chi connectivity index (χ2n) is 7.07. The van der Waals surface area contributed by atoms with Crippen molar-refractivity contribution in [1.82, 2.24) is 4.90 Å². The van der Waals surface area contributed by atoms with Crippen LogP contribution in [-0.2, 0) is 10.4 Å². The van der Waals surface area contributed by atoms with Crippen LogP contribution in [0.4, 0.5) is 14.9 Å². The van der Waals surface area contributed by atoms with Crippen molar-refractivity contribution in [2.24, 2.45) is 0 Å². The van der Waals surface area contributed by atoms with Crippen LogP contribution in [0.1, 0.15) is 39.7 Å². The van der Waals surface area contributed by atoms with Gasteiger partial charge in [0.25, 0.3) is 0 Å². The molecule has 2 atom stereocenters. The number of benzene rings is 1. The number of rotatable bonds is 0. The smallest absolute Gasteiger partial charge is 0.412 e. The monoisotopic (exact) mass is 370 g/mol. The fourth-order valence-electron chi connectivity index (χ4n) is 3.33. The van der Waals surface area contributed by atoms with Gasteiger partial charge in [0.05, 0.1) is 0 Å². The number of carbonyl (C=O) groups is 1. The first kappa shape index (κ1) is 15.6. The van der Waals surface area contributed by atoms with E-state index >= 15 is 4.39 Å². The topological polar surface area (TPSA) is 41.6 Å². The lowest BCUT2D eigenvalue weighted by Gasteiger charge is -2.38. The minimum Gasteiger partial charge on any atom is -0.444 e. The maximum atomic E-state index is 15.7. The summed E-state index contributed by atoms with van der Waals surface area (Å²) < 4.78 is 22.0. The fraction of sp³-hybridized carbons (Fsp3) is 0.562. The van der Waals surface area contributed by atoms with Gasteiger partial charge < -0.3 is 10.1 Å². The highest BCUT2D eigenvalue weighted by Crippen LogP contribution is 2.56. The fourth-order valence-corrected chi connectivity index (χ4v) is 3.69. The lowest BCUT2D eigenvalue weighted by Crippen LogP contribution is -2.56. The highest BCUT2D eigenvalue weighted by atomic mass is 79.9. The van der Waals surface area contributed by atoms with Gasteiger partial charge in [-0.25, -0.2) is 9.18 Å². The summed E-state index contributed by atoms with van der Waals surface area (Å²) in [5.41, 5.74) is -2.03. The maximum Gasteiger partial charge on any atom is 0.412 e. The van der Waals surface area contributed by atoms with Crippen LogP contribution in [0.5, 0.6) is 0 Å². The minimum absolute atomic E-state index is 0.254. The number of hydrogen-bond donors (Lipinski definition) is 1. The number of anilines is 1. The summed E-state index contributed by atoms with van der Waals surface area (Å²) in [6.45, 7) is 7.46. The molecule has 0 radical (unpaired) electrons. The Morgan fingerprint density at radius 3 is 2.77 bits per heavy atom. The van der Waals surface area contributed by atoms with E-state index in [1.807, 2.05) is 12.1 Å². The third-order valence-electron chi connectivity index (χ3n) is 4.39. The molecule has 22 heavy (non-hydrogen) atoms. The SMILES string of the molecule is CC(C)(C)OC(=O)N1CC[C@@]2(F)c3ccc(Br)cc3N[C@@]12C. The van der Waals surface area contributed by atoms with Crippen molar-refractivity contribution in [3.05, 3.63) is 28.2 Å². The number of halogens is 2. The standard InChI is InChI=1S/C16H20BrFN2O2/c1-14(2,3)22-13(21)20-8-7-16(18)11-6-5-10(17)9-12(11)19-15(16,20)4/h5-6,9,19H,7-8H2,1-4H3/t15-,16+/m0/s1. The van der Waals surface area contributed by atoms with Crippen LogP contribution in [0.25, 0.3) is 0 Å². The zero-order chi connectivity index (χ0) is 16.3. The van der Waals surface area contributed by atoms with Gasteiger partial charge >= 0.3 is 6.09 Å². The highest BCUT2D eigenvalue weighted by molar-refractivity contribution is 9.10. The number of carbonyl (C=O) groups excluding carboxylic acids is 1. The molecule has 0 bridgehead atoms. The normalized spacial score (nSPS) is 29.8. The molecule has 0 aliphatic carbocycles. The van der Waals surface area contributed by atoms with Crippen molar-refractivity contribution < 1.29 is 13.9 Å². The Morgan fingerprint density at radius 1 is 1.45 bits per heavy atom. The number of alkyl halides is 1. The van der Waals surface area contributed by atoms with Crippen molar-refractivity contribution in [1.29, 1.82) is 0 Å². The van der Waals surface area contributed by atoms with E-state index in [1.54, 1.807) is 33.8 Å². The van der Waals surface area contributed by atoms with E-state index in [9.17, 15) is 4.79 Å². The van der Waals surface area contributed by atoms with E-state index in [1.165, 1.54) is 4.90 Å². The van der Waals surface area contributed by atoms with E-state index < -0.39 is 23.0 Å². The van der Waals surface area contributed by atoms with Gasteiger partial charge in [0.2, 0.25) is 0 Å². The molecule has 1 amide bonds. The van der Waals surface area contributed by atoms with E-state index in [0.717, 1.165) is 4.47 Å². The highest BCUT2D eigenvalue weighted by Gasteiger charge is 2.65. The molecule has 0 spiro atoms. The second kappa shape index (κ2) is 4.60. The summed E-state index contributed by atoms with van der Waals surface area (Å²) in [4.78, 5) is 13.9. The molecule has 0 unspecified atom stereocenters. The Labute approximate surface area is 138 Å². The second-order valence-corrected chi connectivity index (χ2v) is 7.99. The Balaban J connectivity index is 1.97. The molecule has 1 aromatic rings. The first-order valence-electron chi connectivity index (χ1n) is 7.35. The summed E-state index contributed by atoms with van der Waals surface area (Å²) >= 11 is 3.40. The van der Waals surface area contributed by atoms with Gasteiger partial charge in [-0.15, -0.1) is 0 Å². The van der Waals surface area contributed by atoms with Crippen LogP contribution >= 0.6 is 15.9 Å². The quantitative estimate of drug-likeness (QED) is 0.735. The molecule has 6 heteroatoms. The number of hydrogen-bond acceptors (Lipinski definition) is 3. The minimum atomic E-state index is -1.61. The Hall–Kier alpha value is -1.30. The lowest BCUT2D eigenvalue weighted by atomic mass is 9.88. The molecule has 0 aromatic heterocycles. The Kier molecular flexibility index (Phi) is 3.26. The summed E-state index contributed by atoms with van der Waals surface area (Å²) in [5.74, 6) is 0. The van der Waals surface area contributed by atoms with Gasteiger partial charge in [0, 0.05) is 28.7 Å². The van der Waals surface area contributed by atoms with Gasteiger partial charge in [0.1, 0.15) is 5.60 Å². The average Bonchev–Trinajstić information content (AvgIpc) is 2.71. The predicted molar refractivity (Wildman–Crippen MR) is 86.5 cm³/mol. The number of fused-ring (bicyclic) bond motifs is 3. The summed E-state index contributed by atoms with van der Waals surface area (Å²) in [6.07, 6.45) is -0.237. The molecule has 2 heterocycles. The molecule has 2 aliphatic rings. The summed E-state index contributed by atoms with van der Waals surface area (Å²) in [5, 5.41) is 3.19. The summed E-state index contributed by atoms with van der Waals surface area (Å²) in [6, 6.07) is 5.44. The van der Waals surface area contributed by atoms with Gasteiger partial charge in [-0.3, -0.25) is 4.90 Å². The van der Waals surface area contributed by atoms with E-state index in [-0.39, 0.29) is 6.42 Å². The molecule has 3 rings (SSSR count). The number of ether oxygens (including phenoxy) is 1. The molecule has 1 N–H and O–H groups in total. The zero-order valence-electron chi connectivity index (χ0n) is 13.2. The van der Waals surface area contributed by atoms with Crippen molar-refractivity contribution in [3.63, 3.8) is 0 Å². The van der Waals surface area contributed by atoms with Crippen molar-refractivity contribution in [3.8, 4) is 0 Å². The predicted octanol–water partition coefficient (Wildman–Crippen LogP) is 4.40. The molecular formula is C16H20BrFN2O2. The van der Waals surface area contributed by atoms with Crippen LogP contribution in [0, 0.1) is 0 Å².